The van der Waals surface area contributed by atoms with Gasteiger partial charge in [0, 0.05) is 17.0 Å². The summed E-state index contributed by atoms with van der Waals surface area (Å²) in [6, 6.07) is 4.47. The molecule has 0 saturated carbocycles. The molecule has 1 aromatic carbocycles. The molecule has 0 radical (unpaired) electrons. The van der Waals surface area contributed by atoms with E-state index in [2.05, 4.69) is 23.3 Å². The first kappa shape index (κ1) is 19.0. The second-order valence-corrected chi connectivity index (χ2v) is 5.37. The molecule has 7 nitrogen and oxygen atoms in total. The maximum atomic E-state index is 12.0. The van der Waals surface area contributed by atoms with Crippen molar-refractivity contribution in [2.45, 2.75) is 31.8 Å². The number of carboxylic acids is 1. The Balaban J connectivity index is 2.70. The monoisotopic (exact) mass is 339 g/mol. The van der Waals surface area contributed by atoms with Gasteiger partial charge in [-0.3, -0.25) is 9.59 Å². The third-order valence-corrected chi connectivity index (χ3v) is 3.52. The number of carboxylic acid groups (broad SMARTS) is 1. The van der Waals surface area contributed by atoms with E-state index in [1.54, 1.807) is 12.1 Å². The van der Waals surface area contributed by atoms with Crippen molar-refractivity contribution in [1.82, 2.24) is 5.32 Å². The molecule has 0 heterocycles. The highest BCUT2D eigenvalue weighted by molar-refractivity contribution is 7.80. The molecule has 2 unspecified atom stereocenters. The van der Waals surface area contributed by atoms with Crippen LogP contribution in [0.15, 0.2) is 24.3 Å². The minimum absolute atomic E-state index is 0.223. The average molecular weight is 339 g/mol. The van der Waals surface area contributed by atoms with Crippen molar-refractivity contribution in [3.63, 3.8) is 0 Å². The lowest BCUT2D eigenvalue weighted by molar-refractivity contribution is -0.139. The van der Waals surface area contributed by atoms with Crippen LogP contribution in [0.4, 0.5) is 5.69 Å². The lowest BCUT2D eigenvalue weighted by atomic mass is 10.1. The normalized spacial score (nSPS) is 13.0. The van der Waals surface area contributed by atoms with E-state index in [4.69, 9.17) is 10.8 Å². The van der Waals surface area contributed by atoms with Crippen molar-refractivity contribution < 1.29 is 19.5 Å². The predicted molar refractivity (Wildman–Crippen MR) is 90.7 cm³/mol. The first-order valence-corrected chi connectivity index (χ1v) is 7.83. The molecular weight excluding hydrogens is 318 g/mol. The molecule has 2 atom stereocenters. The third kappa shape index (κ3) is 5.91. The van der Waals surface area contributed by atoms with E-state index < -0.39 is 24.0 Å². The molecule has 0 saturated heterocycles. The zero-order valence-electron chi connectivity index (χ0n) is 12.8. The summed E-state index contributed by atoms with van der Waals surface area (Å²) in [5.74, 6) is -1.69. The average Bonchev–Trinajstić information content (AvgIpc) is 2.53. The highest BCUT2D eigenvalue weighted by atomic mass is 32.1. The van der Waals surface area contributed by atoms with Crippen LogP contribution in [0.5, 0.6) is 0 Å². The van der Waals surface area contributed by atoms with E-state index in [0.29, 0.717) is 24.1 Å². The van der Waals surface area contributed by atoms with Gasteiger partial charge in [0.2, 0.25) is 5.91 Å². The van der Waals surface area contributed by atoms with Gasteiger partial charge in [0.05, 0.1) is 6.04 Å². The third-order valence-electron chi connectivity index (χ3n) is 3.13. The van der Waals surface area contributed by atoms with Crippen molar-refractivity contribution in [2.75, 3.05) is 11.1 Å². The summed E-state index contributed by atoms with van der Waals surface area (Å²) in [4.78, 5) is 34.7. The Morgan fingerprint density at radius 2 is 1.87 bits per heavy atom. The summed E-state index contributed by atoms with van der Waals surface area (Å²) in [5, 5.41) is 14.1. The first-order chi connectivity index (χ1) is 10.9. The number of anilines is 1. The number of nitrogens with two attached hydrogens (primary N) is 1. The van der Waals surface area contributed by atoms with Gasteiger partial charge in [-0.05, 0) is 30.7 Å². The molecule has 126 valence electrons. The number of benzene rings is 1. The lowest BCUT2D eigenvalue weighted by Crippen LogP contribution is -2.40. The van der Waals surface area contributed by atoms with Gasteiger partial charge in [0.1, 0.15) is 6.04 Å². The van der Waals surface area contributed by atoms with Crippen LogP contribution in [0.25, 0.3) is 0 Å². The smallest absolute Gasteiger partial charge is 0.326 e. The van der Waals surface area contributed by atoms with Crippen LogP contribution in [-0.2, 0) is 9.59 Å². The fraction of sp³-hybridized carbons (Fsp3) is 0.400. The molecular formula is C15H21N3O4S. The number of rotatable bonds is 8. The number of nitrogens with one attached hydrogen (secondary N) is 2. The van der Waals surface area contributed by atoms with E-state index in [9.17, 15) is 14.4 Å². The van der Waals surface area contributed by atoms with Crippen LogP contribution in [0.1, 0.15) is 30.1 Å². The van der Waals surface area contributed by atoms with Crippen LogP contribution in [-0.4, -0.2) is 40.7 Å². The molecule has 0 aliphatic rings. The number of carbonyl (C=O) groups excluding carboxylic acids is 2. The lowest BCUT2D eigenvalue weighted by Gasteiger charge is -2.14. The summed E-state index contributed by atoms with van der Waals surface area (Å²) < 4.78 is 0. The van der Waals surface area contributed by atoms with Gasteiger partial charge in [0.25, 0.3) is 5.91 Å². The Morgan fingerprint density at radius 3 is 2.35 bits per heavy atom. The molecule has 1 rings (SSSR count). The summed E-state index contributed by atoms with van der Waals surface area (Å²) in [7, 11) is 0. The van der Waals surface area contributed by atoms with Crippen LogP contribution >= 0.6 is 12.6 Å². The van der Waals surface area contributed by atoms with Crippen molar-refractivity contribution >= 4 is 36.1 Å². The van der Waals surface area contributed by atoms with Crippen LogP contribution < -0.4 is 16.4 Å². The fourth-order valence-corrected chi connectivity index (χ4v) is 1.98. The van der Waals surface area contributed by atoms with Crippen molar-refractivity contribution in [2.24, 2.45) is 5.73 Å². The molecule has 0 bridgehead atoms. The highest BCUT2D eigenvalue weighted by Gasteiger charge is 2.19. The standard InChI is InChI=1S/C15H21N3O4S/c1-2-3-12(15(21)22)18-13(19)9-4-6-10(7-5-9)17-14(20)11(16)8-23/h4-7,11-12,23H,2-3,8,16H2,1H3,(H,17,20)(H,18,19)(H,21,22). The second kappa shape index (κ2) is 9.16. The summed E-state index contributed by atoms with van der Waals surface area (Å²) in [6.45, 7) is 1.84. The van der Waals surface area contributed by atoms with Gasteiger partial charge in [-0.1, -0.05) is 13.3 Å². The summed E-state index contributed by atoms with van der Waals surface area (Å²) >= 11 is 3.94. The van der Waals surface area contributed by atoms with Gasteiger partial charge in [-0.2, -0.15) is 12.6 Å². The van der Waals surface area contributed by atoms with E-state index in [-0.39, 0.29) is 11.7 Å². The molecule has 5 N–H and O–H groups in total. The zero-order chi connectivity index (χ0) is 17.4. The minimum atomic E-state index is -1.06. The maximum Gasteiger partial charge on any atom is 0.326 e. The Bertz CT molecular complexity index is 562. The van der Waals surface area contributed by atoms with E-state index in [0.717, 1.165) is 0 Å². The topological polar surface area (TPSA) is 122 Å². The van der Waals surface area contributed by atoms with E-state index in [1.807, 2.05) is 6.92 Å². The second-order valence-electron chi connectivity index (χ2n) is 5.01. The number of hydrogen-bond donors (Lipinski definition) is 5. The van der Waals surface area contributed by atoms with Gasteiger partial charge in [-0.25, -0.2) is 4.79 Å². The molecule has 0 fully saturated rings. The molecule has 0 aliphatic carbocycles. The predicted octanol–water partition coefficient (Wildman–Crippen LogP) is 0.865. The number of thiol groups is 1. The van der Waals surface area contributed by atoms with Crippen LogP contribution in [0.2, 0.25) is 0 Å². The zero-order valence-corrected chi connectivity index (χ0v) is 13.7. The van der Waals surface area contributed by atoms with Gasteiger partial charge < -0.3 is 21.5 Å². The van der Waals surface area contributed by atoms with Crippen molar-refractivity contribution in [3.05, 3.63) is 29.8 Å². The Morgan fingerprint density at radius 1 is 1.26 bits per heavy atom. The first-order valence-electron chi connectivity index (χ1n) is 7.20. The van der Waals surface area contributed by atoms with Crippen LogP contribution in [0.3, 0.4) is 0 Å². The molecule has 0 aromatic heterocycles. The van der Waals surface area contributed by atoms with Gasteiger partial charge in [-0.15, -0.1) is 0 Å². The van der Waals surface area contributed by atoms with Crippen LogP contribution in [0, 0.1) is 0 Å². The summed E-state index contributed by atoms with van der Waals surface area (Å²) in [5.41, 5.74) is 6.35. The molecule has 0 aliphatic heterocycles. The van der Waals surface area contributed by atoms with Gasteiger partial charge >= 0.3 is 5.97 Å². The Hall–Kier alpha value is -2.06. The maximum absolute atomic E-state index is 12.0. The van der Waals surface area contributed by atoms with Crippen molar-refractivity contribution in [1.29, 1.82) is 0 Å². The molecule has 0 spiro atoms. The molecule has 2 amide bonds. The fourth-order valence-electron chi connectivity index (χ4n) is 1.81. The molecule has 23 heavy (non-hydrogen) atoms. The highest BCUT2D eigenvalue weighted by Crippen LogP contribution is 2.11. The Labute approximate surface area is 140 Å². The SMILES string of the molecule is CCCC(NC(=O)c1ccc(NC(=O)C(N)CS)cc1)C(=O)O. The number of hydrogen-bond acceptors (Lipinski definition) is 5. The van der Waals surface area contributed by atoms with E-state index in [1.165, 1.54) is 12.1 Å². The quantitative estimate of drug-likeness (QED) is 0.450. The molecule has 1 aromatic rings. The number of amides is 2. The van der Waals surface area contributed by atoms with Crippen molar-refractivity contribution in [3.8, 4) is 0 Å². The number of carbonyl (C=O) groups is 3. The largest absolute Gasteiger partial charge is 0.480 e. The Kier molecular flexibility index (Phi) is 7.56. The summed E-state index contributed by atoms with van der Waals surface area (Å²) in [6.07, 6.45) is 1.00. The molecule has 8 heteroatoms. The van der Waals surface area contributed by atoms with E-state index >= 15 is 0 Å². The number of aliphatic carboxylic acids is 1. The minimum Gasteiger partial charge on any atom is -0.480 e. The van der Waals surface area contributed by atoms with Gasteiger partial charge in [0.15, 0.2) is 0 Å².